The lowest BCUT2D eigenvalue weighted by Gasteiger charge is -2.06. The van der Waals surface area contributed by atoms with E-state index in [9.17, 15) is 8.78 Å². The highest BCUT2D eigenvalue weighted by molar-refractivity contribution is 6.33. The first-order valence-corrected chi connectivity index (χ1v) is 4.96. The summed E-state index contributed by atoms with van der Waals surface area (Å²) in [5.41, 5.74) is 6.28. The molecule has 0 fully saturated rings. The summed E-state index contributed by atoms with van der Waals surface area (Å²) >= 11 is 5.79. The number of halogens is 3. The molecule has 0 aliphatic carbocycles. The fraction of sp³-hybridized carbons (Fsp3) is 0. The Hall–Kier alpha value is -1.61. The van der Waals surface area contributed by atoms with Crippen molar-refractivity contribution in [2.24, 2.45) is 0 Å². The highest BCUT2D eigenvalue weighted by Crippen LogP contribution is 2.30. The Morgan fingerprint density at radius 2 is 1.81 bits per heavy atom. The highest BCUT2D eigenvalue weighted by Gasteiger charge is 2.09. The first kappa shape index (κ1) is 10.9. The van der Waals surface area contributed by atoms with Gasteiger partial charge >= 0.3 is 0 Å². The number of benzene rings is 2. The molecule has 4 heteroatoms. The predicted octanol–water partition coefficient (Wildman–Crippen LogP) is 3.87. The molecular formula is C12H8ClF2N. The lowest BCUT2D eigenvalue weighted by Crippen LogP contribution is -1.91. The van der Waals surface area contributed by atoms with E-state index in [0.29, 0.717) is 5.56 Å². The molecule has 0 amide bonds. The van der Waals surface area contributed by atoms with Gasteiger partial charge < -0.3 is 5.73 Å². The van der Waals surface area contributed by atoms with Gasteiger partial charge in [-0.25, -0.2) is 8.78 Å². The number of hydrogen-bond acceptors (Lipinski definition) is 1. The maximum absolute atomic E-state index is 13.6. The largest absolute Gasteiger partial charge is 0.397 e. The SMILES string of the molecule is Nc1cc(F)c(-c2cccc(F)c2)cc1Cl. The van der Waals surface area contributed by atoms with Gasteiger partial charge in [-0.2, -0.15) is 0 Å². The Bertz CT molecular complexity index is 541. The summed E-state index contributed by atoms with van der Waals surface area (Å²) < 4.78 is 26.6. The summed E-state index contributed by atoms with van der Waals surface area (Å²) in [5.74, 6) is -0.947. The average molecular weight is 240 g/mol. The van der Waals surface area contributed by atoms with Crippen molar-refractivity contribution in [1.82, 2.24) is 0 Å². The number of rotatable bonds is 1. The van der Waals surface area contributed by atoms with Gasteiger partial charge in [0.2, 0.25) is 0 Å². The number of nitrogens with two attached hydrogens (primary N) is 1. The summed E-state index contributed by atoms with van der Waals surface area (Å²) in [6.07, 6.45) is 0. The van der Waals surface area contributed by atoms with Gasteiger partial charge in [0.1, 0.15) is 11.6 Å². The molecular weight excluding hydrogens is 232 g/mol. The van der Waals surface area contributed by atoms with Crippen LogP contribution < -0.4 is 5.73 Å². The zero-order valence-corrected chi connectivity index (χ0v) is 8.93. The van der Waals surface area contributed by atoms with Crippen LogP contribution in [0.5, 0.6) is 0 Å². The molecule has 82 valence electrons. The monoisotopic (exact) mass is 239 g/mol. The number of anilines is 1. The summed E-state index contributed by atoms with van der Waals surface area (Å²) in [4.78, 5) is 0. The molecule has 0 heterocycles. The van der Waals surface area contributed by atoms with Crippen molar-refractivity contribution >= 4 is 17.3 Å². The lowest BCUT2D eigenvalue weighted by atomic mass is 10.0. The van der Waals surface area contributed by atoms with Crippen LogP contribution in [0, 0.1) is 11.6 Å². The minimum Gasteiger partial charge on any atom is -0.397 e. The van der Waals surface area contributed by atoms with Crippen molar-refractivity contribution < 1.29 is 8.78 Å². The van der Waals surface area contributed by atoms with Gasteiger partial charge in [0.15, 0.2) is 0 Å². The summed E-state index contributed by atoms with van der Waals surface area (Å²) in [7, 11) is 0. The van der Waals surface area contributed by atoms with E-state index >= 15 is 0 Å². The van der Waals surface area contributed by atoms with Crippen LogP contribution in [0.2, 0.25) is 5.02 Å². The Kier molecular flexibility index (Phi) is 2.79. The Balaban J connectivity index is 2.60. The summed E-state index contributed by atoms with van der Waals surface area (Å²) in [6, 6.07) is 8.16. The van der Waals surface area contributed by atoms with Crippen LogP contribution in [0.25, 0.3) is 11.1 Å². The molecule has 0 aliphatic rings. The molecule has 2 rings (SSSR count). The van der Waals surface area contributed by atoms with Crippen molar-refractivity contribution in [2.45, 2.75) is 0 Å². The molecule has 0 radical (unpaired) electrons. The van der Waals surface area contributed by atoms with Gasteiger partial charge in [0.05, 0.1) is 10.7 Å². The maximum Gasteiger partial charge on any atom is 0.133 e. The number of nitrogen functional groups attached to an aromatic ring is 1. The van der Waals surface area contributed by atoms with Crippen LogP contribution in [0.3, 0.4) is 0 Å². The van der Waals surface area contributed by atoms with Crippen LogP contribution in [0.1, 0.15) is 0 Å². The molecule has 0 aliphatic heterocycles. The van der Waals surface area contributed by atoms with Crippen LogP contribution in [0.15, 0.2) is 36.4 Å². The van der Waals surface area contributed by atoms with E-state index in [1.807, 2.05) is 0 Å². The molecule has 0 unspecified atom stereocenters. The van der Waals surface area contributed by atoms with E-state index in [4.69, 9.17) is 17.3 Å². The van der Waals surface area contributed by atoms with Crippen LogP contribution in [0.4, 0.5) is 14.5 Å². The standard InChI is InChI=1S/C12H8ClF2N/c13-10-5-9(11(15)6-12(10)16)7-2-1-3-8(14)4-7/h1-6H,16H2. The summed E-state index contributed by atoms with van der Waals surface area (Å²) in [6.45, 7) is 0. The van der Waals surface area contributed by atoms with Gasteiger partial charge in [0, 0.05) is 5.56 Å². The van der Waals surface area contributed by atoms with Gasteiger partial charge in [0.25, 0.3) is 0 Å². The molecule has 0 bridgehead atoms. The fourth-order valence-corrected chi connectivity index (χ4v) is 1.60. The normalized spacial score (nSPS) is 10.4. The predicted molar refractivity (Wildman–Crippen MR) is 61.2 cm³/mol. The molecule has 0 aromatic heterocycles. The van der Waals surface area contributed by atoms with Gasteiger partial charge in [-0.05, 0) is 29.8 Å². The number of hydrogen-bond donors (Lipinski definition) is 1. The second-order valence-corrected chi connectivity index (χ2v) is 3.77. The van der Waals surface area contributed by atoms with E-state index in [1.54, 1.807) is 6.07 Å². The van der Waals surface area contributed by atoms with E-state index < -0.39 is 11.6 Å². The lowest BCUT2D eigenvalue weighted by molar-refractivity contribution is 0.625. The van der Waals surface area contributed by atoms with Gasteiger partial charge in [-0.3, -0.25) is 0 Å². The average Bonchev–Trinajstić information content (AvgIpc) is 2.23. The van der Waals surface area contributed by atoms with Gasteiger partial charge in [-0.15, -0.1) is 0 Å². The molecule has 2 aromatic rings. The maximum atomic E-state index is 13.6. The van der Waals surface area contributed by atoms with Crippen LogP contribution in [-0.4, -0.2) is 0 Å². The zero-order chi connectivity index (χ0) is 11.7. The van der Waals surface area contributed by atoms with Crippen molar-refractivity contribution in [3.63, 3.8) is 0 Å². The quantitative estimate of drug-likeness (QED) is 0.751. The third-order valence-electron chi connectivity index (χ3n) is 2.22. The molecule has 16 heavy (non-hydrogen) atoms. The third kappa shape index (κ3) is 1.99. The Morgan fingerprint density at radius 1 is 1.06 bits per heavy atom. The van der Waals surface area contributed by atoms with Crippen LogP contribution in [-0.2, 0) is 0 Å². The van der Waals surface area contributed by atoms with E-state index in [0.717, 1.165) is 6.07 Å². The molecule has 0 saturated heterocycles. The molecule has 0 spiro atoms. The molecule has 0 saturated carbocycles. The molecule has 2 N–H and O–H groups in total. The Labute approximate surface area is 96.5 Å². The second-order valence-electron chi connectivity index (χ2n) is 3.36. The smallest absolute Gasteiger partial charge is 0.133 e. The second kappa shape index (κ2) is 4.10. The highest BCUT2D eigenvalue weighted by atomic mass is 35.5. The van der Waals surface area contributed by atoms with Crippen molar-refractivity contribution in [1.29, 1.82) is 0 Å². The van der Waals surface area contributed by atoms with Crippen molar-refractivity contribution in [3.05, 3.63) is 53.1 Å². The molecule has 1 nitrogen and oxygen atoms in total. The van der Waals surface area contributed by atoms with Gasteiger partial charge in [-0.1, -0.05) is 23.7 Å². The summed E-state index contributed by atoms with van der Waals surface area (Å²) in [5, 5.41) is 0.251. The van der Waals surface area contributed by atoms with E-state index in [-0.39, 0.29) is 16.3 Å². The topological polar surface area (TPSA) is 26.0 Å². The van der Waals surface area contributed by atoms with E-state index in [2.05, 4.69) is 0 Å². The minimum absolute atomic E-state index is 0.166. The third-order valence-corrected chi connectivity index (χ3v) is 2.55. The molecule has 0 atom stereocenters. The first-order valence-electron chi connectivity index (χ1n) is 4.58. The van der Waals surface area contributed by atoms with Crippen LogP contribution >= 0.6 is 11.6 Å². The molecule has 2 aromatic carbocycles. The van der Waals surface area contributed by atoms with E-state index in [1.165, 1.54) is 24.3 Å². The fourth-order valence-electron chi connectivity index (χ4n) is 1.44. The van der Waals surface area contributed by atoms with Crippen molar-refractivity contribution in [2.75, 3.05) is 5.73 Å². The first-order chi connectivity index (χ1) is 7.58. The van der Waals surface area contributed by atoms with Crippen molar-refractivity contribution in [3.8, 4) is 11.1 Å². The minimum atomic E-state index is -0.521. The Morgan fingerprint density at radius 3 is 2.50 bits per heavy atom. The zero-order valence-electron chi connectivity index (χ0n) is 8.18.